The number of hydrogen-bond donors (Lipinski definition) is 1. The minimum atomic E-state index is -0.184. The second-order valence-corrected chi connectivity index (χ2v) is 7.24. The number of ether oxygens (including phenoxy) is 1. The summed E-state index contributed by atoms with van der Waals surface area (Å²) >= 11 is 0. The maximum absolute atomic E-state index is 12.5. The molecular weight excluding hydrogens is 340 g/mol. The number of morpholine rings is 1. The minimum Gasteiger partial charge on any atom is -0.373 e. The standard InChI is InChI=1S/C22H26N2O3/c1-15-12-24(13-16(2)27-15)14-18-7-9-19(10-8-18)22(26)23-21-6-4-5-20(11-21)17(3)25/h4-11,15-16H,12-14H2,1-3H3,(H,23,26). The van der Waals surface area contributed by atoms with Gasteiger partial charge in [0.1, 0.15) is 0 Å². The van der Waals surface area contributed by atoms with Crippen molar-refractivity contribution in [3.63, 3.8) is 0 Å². The predicted molar refractivity (Wildman–Crippen MR) is 106 cm³/mol. The molecule has 1 N–H and O–H groups in total. The average Bonchev–Trinajstić information content (AvgIpc) is 2.61. The Kier molecular flexibility index (Phi) is 6.04. The first kappa shape index (κ1) is 19.3. The molecule has 0 radical (unpaired) electrons. The summed E-state index contributed by atoms with van der Waals surface area (Å²) in [6, 6.07) is 14.6. The van der Waals surface area contributed by atoms with E-state index in [0.717, 1.165) is 19.6 Å². The first-order valence-electron chi connectivity index (χ1n) is 9.30. The number of nitrogens with one attached hydrogen (secondary N) is 1. The fourth-order valence-corrected chi connectivity index (χ4v) is 3.45. The lowest BCUT2D eigenvalue weighted by Gasteiger charge is -2.35. The molecule has 142 valence electrons. The number of ketones is 1. The van der Waals surface area contributed by atoms with Crippen LogP contribution < -0.4 is 5.32 Å². The molecular formula is C22H26N2O3. The quantitative estimate of drug-likeness (QED) is 0.819. The number of Topliss-reactive ketones (excluding diaryl/α,β-unsaturated/α-hetero) is 1. The van der Waals surface area contributed by atoms with Gasteiger partial charge in [-0.05, 0) is 50.6 Å². The third-order valence-corrected chi connectivity index (χ3v) is 4.64. The Hall–Kier alpha value is -2.50. The van der Waals surface area contributed by atoms with Crippen molar-refractivity contribution in [2.45, 2.75) is 39.5 Å². The number of nitrogens with zero attached hydrogens (tertiary/aromatic N) is 1. The van der Waals surface area contributed by atoms with E-state index in [0.29, 0.717) is 16.8 Å². The van der Waals surface area contributed by atoms with Crippen LogP contribution in [0.25, 0.3) is 0 Å². The van der Waals surface area contributed by atoms with E-state index < -0.39 is 0 Å². The molecule has 0 aromatic heterocycles. The maximum Gasteiger partial charge on any atom is 0.255 e. The zero-order valence-electron chi connectivity index (χ0n) is 16.1. The highest BCUT2D eigenvalue weighted by molar-refractivity contribution is 6.05. The Morgan fingerprint density at radius 3 is 2.33 bits per heavy atom. The van der Waals surface area contributed by atoms with Crippen molar-refractivity contribution < 1.29 is 14.3 Å². The number of benzene rings is 2. The number of carbonyl (C=O) groups excluding carboxylic acids is 2. The van der Waals surface area contributed by atoms with Crippen LogP contribution in [0.1, 0.15) is 47.1 Å². The van der Waals surface area contributed by atoms with Crippen LogP contribution in [0.15, 0.2) is 48.5 Å². The van der Waals surface area contributed by atoms with Gasteiger partial charge in [-0.1, -0.05) is 24.3 Å². The third-order valence-electron chi connectivity index (χ3n) is 4.64. The minimum absolute atomic E-state index is 0.0257. The van der Waals surface area contributed by atoms with E-state index in [1.165, 1.54) is 12.5 Å². The third kappa shape index (κ3) is 5.25. The van der Waals surface area contributed by atoms with E-state index in [9.17, 15) is 9.59 Å². The van der Waals surface area contributed by atoms with Crippen molar-refractivity contribution in [1.82, 2.24) is 4.90 Å². The normalized spacial score (nSPS) is 20.3. The highest BCUT2D eigenvalue weighted by Gasteiger charge is 2.22. The summed E-state index contributed by atoms with van der Waals surface area (Å²) < 4.78 is 5.77. The fourth-order valence-electron chi connectivity index (χ4n) is 3.45. The van der Waals surface area contributed by atoms with Crippen LogP contribution in [0.3, 0.4) is 0 Å². The lowest BCUT2D eigenvalue weighted by Crippen LogP contribution is -2.44. The van der Waals surface area contributed by atoms with Gasteiger partial charge >= 0.3 is 0 Å². The van der Waals surface area contributed by atoms with Crippen LogP contribution >= 0.6 is 0 Å². The summed E-state index contributed by atoms with van der Waals surface area (Å²) in [5, 5.41) is 2.85. The van der Waals surface area contributed by atoms with Gasteiger partial charge in [0.05, 0.1) is 12.2 Å². The largest absolute Gasteiger partial charge is 0.373 e. The van der Waals surface area contributed by atoms with Crippen LogP contribution in [0.4, 0.5) is 5.69 Å². The first-order valence-corrected chi connectivity index (χ1v) is 9.30. The Morgan fingerprint density at radius 2 is 1.70 bits per heavy atom. The summed E-state index contributed by atoms with van der Waals surface area (Å²) in [5.41, 5.74) is 2.97. The van der Waals surface area contributed by atoms with Gasteiger partial charge in [0.25, 0.3) is 5.91 Å². The van der Waals surface area contributed by atoms with Gasteiger partial charge < -0.3 is 10.1 Å². The van der Waals surface area contributed by atoms with Crippen molar-refractivity contribution in [2.24, 2.45) is 0 Å². The van der Waals surface area contributed by atoms with E-state index in [2.05, 4.69) is 24.1 Å². The molecule has 2 unspecified atom stereocenters. The summed E-state index contributed by atoms with van der Waals surface area (Å²) in [7, 11) is 0. The van der Waals surface area contributed by atoms with E-state index in [4.69, 9.17) is 4.74 Å². The van der Waals surface area contributed by atoms with E-state index in [-0.39, 0.29) is 23.9 Å². The molecule has 1 heterocycles. The van der Waals surface area contributed by atoms with Crippen LogP contribution in [0, 0.1) is 0 Å². The smallest absolute Gasteiger partial charge is 0.255 e. The zero-order chi connectivity index (χ0) is 19.4. The summed E-state index contributed by atoms with van der Waals surface area (Å²) in [4.78, 5) is 26.3. The van der Waals surface area contributed by atoms with Crippen molar-refractivity contribution >= 4 is 17.4 Å². The molecule has 27 heavy (non-hydrogen) atoms. The molecule has 5 heteroatoms. The Bertz CT molecular complexity index is 807. The van der Waals surface area contributed by atoms with E-state index in [1.54, 1.807) is 24.3 Å². The molecule has 0 saturated carbocycles. The van der Waals surface area contributed by atoms with Gasteiger partial charge in [-0.15, -0.1) is 0 Å². The number of anilines is 1. The number of rotatable bonds is 5. The average molecular weight is 366 g/mol. The molecule has 2 aromatic carbocycles. The first-order chi connectivity index (χ1) is 12.9. The van der Waals surface area contributed by atoms with Gasteiger partial charge in [-0.25, -0.2) is 0 Å². The van der Waals surface area contributed by atoms with Gasteiger partial charge in [0.2, 0.25) is 0 Å². The molecule has 1 aliphatic heterocycles. The van der Waals surface area contributed by atoms with E-state index in [1.807, 2.05) is 24.3 Å². The van der Waals surface area contributed by atoms with Crippen molar-refractivity contribution in [3.8, 4) is 0 Å². The highest BCUT2D eigenvalue weighted by atomic mass is 16.5. The second-order valence-electron chi connectivity index (χ2n) is 7.24. The van der Waals surface area contributed by atoms with Gasteiger partial charge in [0, 0.05) is 36.4 Å². The molecule has 1 amide bonds. The second kappa shape index (κ2) is 8.46. The highest BCUT2D eigenvalue weighted by Crippen LogP contribution is 2.16. The SMILES string of the molecule is CC(=O)c1cccc(NC(=O)c2ccc(CN3CC(C)OC(C)C3)cc2)c1. The topological polar surface area (TPSA) is 58.6 Å². The van der Waals surface area contributed by atoms with Crippen molar-refractivity contribution in [2.75, 3.05) is 18.4 Å². The summed E-state index contributed by atoms with van der Waals surface area (Å²) in [6.45, 7) is 8.38. The Labute approximate surface area is 160 Å². The van der Waals surface area contributed by atoms with Crippen LogP contribution in [0.2, 0.25) is 0 Å². The Balaban J connectivity index is 1.62. The van der Waals surface area contributed by atoms with Crippen molar-refractivity contribution in [3.05, 3.63) is 65.2 Å². The van der Waals surface area contributed by atoms with Crippen LogP contribution in [0.5, 0.6) is 0 Å². The fraction of sp³-hybridized carbons (Fsp3) is 0.364. The molecule has 1 fully saturated rings. The van der Waals surface area contributed by atoms with Crippen LogP contribution in [-0.2, 0) is 11.3 Å². The number of amides is 1. The molecule has 1 aliphatic rings. The molecule has 0 spiro atoms. The van der Waals surface area contributed by atoms with Gasteiger partial charge in [0.15, 0.2) is 5.78 Å². The van der Waals surface area contributed by atoms with Crippen molar-refractivity contribution in [1.29, 1.82) is 0 Å². The lowest BCUT2D eigenvalue weighted by molar-refractivity contribution is -0.0704. The number of carbonyl (C=O) groups is 2. The molecule has 0 bridgehead atoms. The van der Waals surface area contributed by atoms with Gasteiger partial charge in [-0.3, -0.25) is 14.5 Å². The maximum atomic E-state index is 12.5. The van der Waals surface area contributed by atoms with E-state index >= 15 is 0 Å². The molecule has 2 aromatic rings. The summed E-state index contributed by atoms with van der Waals surface area (Å²) in [6.07, 6.45) is 0.481. The molecule has 5 nitrogen and oxygen atoms in total. The zero-order valence-corrected chi connectivity index (χ0v) is 16.1. The molecule has 2 atom stereocenters. The lowest BCUT2D eigenvalue weighted by atomic mass is 10.1. The molecule has 0 aliphatic carbocycles. The molecule has 1 saturated heterocycles. The summed E-state index contributed by atoms with van der Waals surface area (Å²) in [5.74, 6) is -0.210. The monoisotopic (exact) mass is 366 g/mol. The Morgan fingerprint density at radius 1 is 1.04 bits per heavy atom. The van der Waals surface area contributed by atoms with Crippen LogP contribution in [-0.4, -0.2) is 41.9 Å². The number of hydrogen-bond acceptors (Lipinski definition) is 4. The van der Waals surface area contributed by atoms with Gasteiger partial charge in [-0.2, -0.15) is 0 Å². The molecule has 3 rings (SSSR count). The predicted octanol–water partition coefficient (Wildman–Crippen LogP) is 3.75.